The van der Waals surface area contributed by atoms with Crippen LogP contribution in [-0.4, -0.2) is 38.2 Å². The van der Waals surface area contributed by atoms with Gasteiger partial charge in [0.2, 0.25) is 0 Å². The van der Waals surface area contributed by atoms with Crippen molar-refractivity contribution >= 4 is 36.8 Å². The molecule has 0 aromatic carbocycles. The molecule has 1 aliphatic carbocycles. The zero-order valence-corrected chi connectivity index (χ0v) is 19.8. The van der Waals surface area contributed by atoms with Crippen molar-refractivity contribution in [3.05, 3.63) is 0 Å². The van der Waals surface area contributed by atoms with E-state index in [0.29, 0.717) is 57.9 Å². The lowest BCUT2D eigenvalue weighted by Crippen LogP contribution is -2.35. The zero-order valence-electron chi connectivity index (χ0n) is 18.2. The van der Waals surface area contributed by atoms with E-state index in [-0.39, 0.29) is 48.1 Å². The lowest BCUT2D eigenvalue weighted by atomic mass is 9.72. The number of ether oxygens (including phenoxy) is 2. The van der Waals surface area contributed by atoms with E-state index < -0.39 is 0 Å². The van der Waals surface area contributed by atoms with Crippen molar-refractivity contribution in [3.8, 4) is 0 Å². The van der Waals surface area contributed by atoms with Crippen molar-refractivity contribution in [2.24, 2.45) is 28.7 Å². The van der Waals surface area contributed by atoms with Crippen LogP contribution in [0, 0.1) is 17.3 Å². The number of hydrogen-bond donors (Lipinski definition) is 2. The predicted molar refractivity (Wildman–Crippen MR) is 121 cm³/mol. The highest BCUT2D eigenvalue weighted by Crippen LogP contribution is 2.38. The number of unbranched alkanes of at least 4 members (excludes halogenated alkanes) is 1. The maximum absolute atomic E-state index is 12.1. The molecule has 29 heavy (non-hydrogen) atoms. The number of rotatable bonds is 13. The molecule has 1 fully saturated rings. The second-order valence-corrected chi connectivity index (χ2v) is 8.53. The van der Waals surface area contributed by atoms with Crippen molar-refractivity contribution in [1.29, 1.82) is 0 Å². The van der Waals surface area contributed by atoms with Gasteiger partial charge in [-0.05, 0) is 62.4 Å². The van der Waals surface area contributed by atoms with Crippen molar-refractivity contribution in [2.75, 3.05) is 26.3 Å². The van der Waals surface area contributed by atoms with E-state index in [1.807, 2.05) is 0 Å². The summed E-state index contributed by atoms with van der Waals surface area (Å²) in [7, 11) is 0. The van der Waals surface area contributed by atoms with Gasteiger partial charge in [-0.2, -0.15) is 0 Å². The number of carbonyl (C=O) groups excluding carboxylic acids is 2. The molecule has 0 aromatic heterocycles. The highest BCUT2D eigenvalue weighted by atomic mass is 35.5. The van der Waals surface area contributed by atoms with Gasteiger partial charge in [0.25, 0.3) is 0 Å². The summed E-state index contributed by atoms with van der Waals surface area (Å²) in [6.07, 6.45) is 8.71. The van der Waals surface area contributed by atoms with Crippen LogP contribution in [0.15, 0.2) is 0 Å². The van der Waals surface area contributed by atoms with Crippen LogP contribution in [0.2, 0.25) is 0 Å². The van der Waals surface area contributed by atoms with Crippen LogP contribution in [0.3, 0.4) is 0 Å². The monoisotopic (exact) mass is 456 g/mol. The highest BCUT2D eigenvalue weighted by molar-refractivity contribution is 5.85. The fourth-order valence-corrected chi connectivity index (χ4v) is 3.91. The van der Waals surface area contributed by atoms with Crippen LogP contribution >= 0.6 is 24.8 Å². The minimum absolute atomic E-state index is 0. The first-order chi connectivity index (χ1) is 12.9. The maximum Gasteiger partial charge on any atom is 0.306 e. The Morgan fingerprint density at radius 2 is 1.48 bits per heavy atom. The number of esters is 2. The number of carbonyl (C=O) groups is 2. The first-order valence-corrected chi connectivity index (χ1v) is 10.6. The normalized spacial score (nSPS) is 16.3. The first-order valence-electron chi connectivity index (χ1n) is 10.6. The molecule has 0 amide bonds. The van der Waals surface area contributed by atoms with Crippen molar-refractivity contribution in [1.82, 2.24) is 0 Å². The molecule has 0 unspecified atom stereocenters. The molecule has 1 aliphatic rings. The van der Waals surface area contributed by atoms with Gasteiger partial charge in [0, 0.05) is 6.42 Å². The topological polar surface area (TPSA) is 105 Å². The Balaban J connectivity index is 0. The average molecular weight is 457 g/mol. The van der Waals surface area contributed by atoms with Gasteiger partial charge in [-0.15, -0.1) is 24.8 Å². The molecule has 0 bridgehead atoms. The smallest absolute Gasteiger partial charge is 0.306 e. The summed E-state index contributed by atoms with van der Waals surface area (Å²) in [5.74, 6) is 0.366. The van der Waals surface area contributed by atoms with Crippen LogP contribution < -0.4 is 11.5 Å². The number of nitrogens with two attached hydrogens (primary N) is 2. The van der Waals surface area contributed by atoms with Gasteiger partial charge in [0.1, 0.15) is 0 Å². The predicted octanol–water partition coefficient (Wildman–Crippen LogP) is 4.01. The third kappa shape index (κ3) is 13.4. The van der Waals surface area contributed by atoms with Crippen molar-refractivity contribution in [3.63, 3.8) is 0 Å². The van der Waals surface area contributed by atoms with E-state index in [1.54, 1.807) is 0 Å². The molecule has 0 radical (unpaired) electrons. The first kappa shape index (κ1) is 30.6. The molecule has 174 valence electrons. The third-order valence-electron chi connectivity index (χ3n) is 5.52. The second-order valence-electron chi connectivity index (χ2n) is 8.53. The quantitative estimate of drug-likeness (QED) is 0.320. The summed E-state index contributed by atoms with van der Waals surface area (Å²) >= 11 is 0. The van der Waals surface area contributed by atoms with Gasteiger partial charge in [-0.25, -0.2) is 0 Å². The average Bonchev–Trinajstić information content (AvgIpc) is 2.64. The Bertz CT molecular complexity index is 444. The van der Waals surface area contributed by atoms with Gasteiger partial charge >= 0.3 is 11.9 Å². The van der Waals surface area contributed by atoms with Crippen LogP contribution in [0.25, 0.3) is 0 Å². The Hall–Kier alpha value is -0.560. The molecule has 0 spiro atoms. The Labute approximate surface area is 189 Å². The van der Waals surface area contributed by atoms with Crippen LogP contribution in [-0.2, 0) is 19.1 Å². The Kier molecular flexibility index (Phi) is 18.1. The third-order valence-corrected chi connectivity index (χ3v) is 5.52. The van der Waals surface area contributed by atoms with Gasteiger partial charge in [-0.1, -0.05) is 33.1 Å². The van der Waals surface area contributed by atoms with Gasteiger partial charge in [0.15, 0.2) is 0 Å². The van der Waals surface area contributed by atoms with Crippen LogP contribution in [0.1, 0.15) is 78.1 Å². The largest absolute Gasteiger partial charge is 0.466 e. The Morgan fingerprint density at radius 1 is 0.931 bits per heavy atom. The minimum atomic E-state index is -0.190. The molecule has 1 rings (SSSR count). The lowest BCUT2D eigenvalue weighted by molar-refractivity contribution is -0.148. The standard InChI is InChI=1S/C21H40N2O4.2ClH/c1-17(2)12-18(15-22)13-19(24)26-10-6-7-11-27-20(25)14-21(16-23)8-4-3-5-9-21;;/h17-18H,3-16,22-23H2,1-2H3;2*1H/t18-;;/m1../s1. The van der Waals surface area contributed by atoms with Crippen LogP contribution in [0.4, 0.5) is 0 Å². The minimum Gasteiger partial charge on any atom is -0.466 e. The number of hydrogen-bond acceptors (Lipinski definition) is 6. The van der Waals surface area contributed by atoms with Gasteiger partial charge in [0.05, 0.1) is 19.6 Å². The van der Waals surface area contributed by atoms with E-state index in [2.05, 4.69) is 13.8 Å². The molecule has 0 heterocycles. The summed E-state index contributed by atoms with van der Waals surface area (Å²) in [5, 5.41) is 0. The molecule has 0 aliphatic heterocycles. The fraction of sp³-hybridized carbons (Fsp3) is 0.905. The van der Waals surface area contributed by atoms with E-state index in [0.717, 1.165) is 32.1 Å². The molecule has 0 aromatic rings. The Morgan fingerprint density at radius 3 is 1.97 bits per heavy atom. The summed E-state index contributed by atoms with van der Waals surface area (Å²) in [5.41, 5.74) is 11.6. The maximum atomic E-state index is 12.1. The summed E-state index contributed by atoms with van der Waals surface area (Å²) in [4.78, 5) is 23.9. The van der Waals surface area contributed by atoms with Gasteiger partial charge in [-0.3, -0.25) is 9.59 Å². The molecule has 0 saturated heterocycles. The highest BCUT2D eigenvalue weighted by Gasteiger charge is 2.33. The molecule has 8 heteroatoms. The molecular weight excluding hydrogens is 415 g/mol. The lowest BCUT2D eigenvalue weighted by Gasteiger charge is -2.35. The summed E-state index contributed by atoms with van der Waals surface area (Å²) < 4.78 is 10.6. The van der Waals surface area contributed by atoms with E-state index in [9.17, 15) is 9.59 Å². The van der Waals surface area contributed by atoms with E-state index in [1.165, 1.54) is 6.42 Å². The zero-order chi connectivity index (χ0) is 20.1. The molecule has 4 N–H and O–H groups in total. The summed E-state index contributed by atoms with van der Waals surface area (Å²) in [6.45, 7) is 6.04. The van der Waals surface area contributed by atoms with E-state index >= 15 is 0 Å². The second kappa shape index (κ2) is 17.2. The molecule has 1 atom stereocenters. The molecular formula is C21H42Cl2N2O4. The number of halogens is 2. The molecule has 1 saturated carbocycles. The van der Waals surface area contributed by atoms with Crippen LogP contribution in [0.5, 0.6) is 0 Å². The summed E-state index contributed by atoms with van der Waals surface area (Å²) in [6, 6.07) is 0. The SMILES string of the molecule is CC(C)C[C@@H](CN)CC(=O)OCCCCOC(=O)CC1(CN)CCCCC1.Cl.Cl. The van der Waals surface area contributed by atoms with E-state index in [4.69, 9.17) is 20.9 Å². The van der Waals surface area contributed by atoms with Crippen molar-refractivity contribution < 1.29 is 19.1 Å². The van der Waals surface area contributed by atoms with Crippen molar-refractivity contribution in [2.45, 2.75) is 78.1 Å². The fourth-order valence-electron chi connectivity index (χ4n) is 3.91. The van der Waals surface area contributed by atoms with Gasteiger partial charge < -0.3 is 20.9 Å². The molecule has 6 nitrogen and oxygen atoms in total.